The number of hydrogen-bond donors (Lipinski definition) is 0. The second kappa shape index (κ2) is 14.5. The first kappa shape index (κ1) is 27.7. The summed E-state index contributed by atoms with van der Waals surface area (Å²) in [5.41, 5.74) is 0. The Morgan fingerprint density at radius 1 is 0.885 bits per heavy atom. The van der Waals surface area contributed by atoms with Gasteiger partial charge < -0.3 is 4.90 Å². The zero-order valence-corrected chi connectivity index (χ0v) is 18.3. The molecule has 26 heavy (non-hydrogen) atoms. The van der Waals surface area contributed by atoms with Gasteiger partial charge in [0.05, 0.1) is 11.2 Å². The van der Waals surface area contributed by atoms with E-state index in [-0.39, 0.29) is 49.6 Å². The van der Waals surface area contributed by atoms with Crippen LogP contribution >= 0.6 is 61.2 Å². The molecule has 0 aromatic carbocycles. The Morgan fingerprint density at radius 2 is 1.50 bits per heavy atom. The fourth-order valence-corrected chi connectivity index (χ4v) is 2.85. The molecule has 2 aromatic heterocycles. The molecule has 1 aliphatic rings. The molecule has 150 valence electrons. The van der Waals surface area contributed by atoms with E-state index < -0.39 is 0 Å². The summed E-state index contributed by atoms with van der Waals surface area (Å²) in [6.07, 6.45) is 9.47. The third kappa shape index (κ3) is 8.46. The quantitative estimate of drug-likeness (QED) is 0.609. The Balaban J connectivity index is 0. The molecule has 1 saturated heterocycles. The van der Waals surface area contributed by atoms with Crippen LogP contribution in [0.15, 0.2) is 30.9 Å². The molecule has 3 rings (SSSR count). The van der Waals surface area contributed by atoms with E-state index in [4.69, 9.17) is 11.6 Å². The minimum atomic E-state index is 0. The molecule has 0 radical (unpaired) electrons. The molecule has 0 bridgehead atoms. The number of halogens is 5. The maximum atomic E-state index is 5.85. The smallest absolute Gasteiger partial charge is 0.225 e. The zero-order chi connectivity index (χ0) is 15.2. The molecule has 0 atom stereocenters. The minimum absolute atomic E-state index is 0. The first-order valence-corrected chi connectivity index (χ1v) is 8.11. The fraction of sp³-hybridized carbons (Fsp3) is 0.533. The van der Waals surface area contributed by atoms with Crippen LogP contribution in [0, 0.1) is 0 Å². The van der Waals surface area contributed by atoms with Gasteiger partial charge in [-0.15, -0.1) is 49.6 Å². The van der Waals surface area contributed by atoms with Crippen molar-refractivity contribution in [2.24, 2.45) is 0 Å². The average Bonchev–Trinajstić information content (AvgIpc) is 2.98. The lowest BCUT2D eigenvalue weighted by molar-refractivity contribution is 0.249. The first-order valence-electron chi connectivity index (χ1n) is 7.73. The highest BCUT2D eigenvalue weighted by Gasteiger charge is 2.17. The molecular formula is C15H25Cl5N6. The lowest BCUT2D eigenvalue weighted by Gasteiger charge is -2.34. The standard InChI is InChI=1S/C15H21ClN6.4ClH/c16-14-12-19-22(13-14)7-2-1-6-20-8-10-21(11-9-20)15-17-4-3-5-18-15;;;;/h3-5,12-13H,1-2,6-11H2;4*1H. The van der Waals surface area contributed by atoms with E-state index in [1.165, 1.54) is 6.42 Å². The largest absolute Gasteiger partial charge is 0.338 e. The van der Waals surface area contributed by atoms with Gasteiger partial charge in [0, 0.05) is 51.3 Å². The van der Waals surface area contributed by atoms with Crippen LogP contribution in [0.4, 0.5) is 5.95 Å². The molecule has 0 aliphatic carbocycles. The van der Waals surface area contributed by atoms with Gasteiger partial charge in [-0.3, -0.25) is 9.58 Å². The number of anilines is 1. The van der Waals surface area contributed by atoms with Gasteiger partial charge in [-0.2, -0.15) is 5.10 Å². The topological polar surface area (TPSA) is 50.1 Å². The summed E-state index contributed by atoms with van der Waals surface area (Å²) in [6, 6.07) is 1.85. The van der Waals surface area contributed by atoms with Gasteiger partial charge >= 0.3 is 0 Å². The summed E-state index contributed by atoms with van der Waals surface area (Å²) >= 11 is 5.85. The van der Waals surface area contributed by atoms with Gasteiger partial charge in [0.25, 0.3) is 0 Å². The molecule has 6 nitrogen and oxygen atoms in total. The monoisotopic (exact) mass is 464 g/mol. The van der Waals surface area contributed by atoms with Crippen LogP contribution in [0.5, 0.6) is 0 Å². The number of aromatic nitrogens is 4. The SMILES string of the molecule is Cl.Cl.Cl.Cl.Clc1cnn(CCCCN2CCN(c3ncccn3)CC2)c1. The second-order valence-electron chi connectivity index (χ2n) is 5.51. The number of hydrogen-bond acceptors (Lipinski definition) is 5. The highest BCUT2D eigenvalue weighted by molar-refractivity contribution is 6.30. The number of rotatable bonds is 6. The van der Waals surface area contributed by atoms with Crippen LogP contribution in [0.3, 0.4) is 0 Å². The summed E-state index contributed by atoms with van der Waals surface area (Å²) in [4.78, 5) is 13.4. The van der Waals surface area contributed by atoms with Crippen molar-refractivity contribution in [2.75, 3.05) is 37.6 Å². The van der Waals surface area contributed by atoms with Crippen LogP contribution < -0.4 is 4.90 Å². The van der Waals surface area contributed by atoms with Crippen molar-refractivity contribution in [3.63, 3.8) is 0 Å². The maximum Gasteiger partial charge on any atom is 0.225 e. The molecule has 0 N–H and O–H groups in total. The molecule has 0 amide bonds. The van der Waals surface area contributed by atoms with Gasteiger partial charge in [0.2, 0.25) is 5.95 Å². The molecular weight excluding hydrogens is 441 g/mol. The van der Waals surface area contributed by atoms with E-state index in [1.807, 2.05) is 16.9 Å². The lowest BCUT2D eigenvalue weighted by atomic mass is 10.2. The lowest BCUT2D eigenvalue weighted by Crippen LogP contribution is -2.47. The number of nitrogens with zero attached hydrogens (tertiary/aromatic N) is 6. The first-order chi connectivity index (χ1) is 10.8. The van der Waals surface area contributed by atoms with Crippen molar-refractivity contribution >= 4 is 67.2 Å². The molecule has 0 unspecified atom stereocenters. The van der Waals surface area contributed by atoms with Crippen LogP contribution in [0.2, 0.25) is 5.02 Å². The maximum absolute atomic E-state index is 5.85. The third-order valence-corrected chi connectivity index (χ3v) is 4.12. The predicted octanol–water partition coefficient (Wildman–Crippen LogP) is 3.62. The molecule has 2 aromatic rings. The highest BCUT2D eigenvalue weighted by Crippen LogP contribution is 2.10. The van der Waals surface area contributed by atoms with Gasteiger partial charge in [-0.25, -0.2) is 9.97 Å². The molecule has 3 heterocycles. The Bertz CT molecular complexity index is 577. The predicted molar refractivity (Wildman–Crippen MR) is 116 cm³/mol. The van der Waals surface area contributed by atoms with Crippen molar-refractivity contribution in [3.8, 4) is 0 Å². The van der Waals surface area contributed by atoms with E-state index in [2.05, 4.69) is 24.9 Å². The summed E-state index contributed by atoms with van der Waals surface area (Å²) < 4.78 is 1.91. The van der Waals surface area contributed by atoms with E-state index in [0.717, 1.165) is 51.6 Å². The van der Waals surface area contributed by atoms with Crippen molar-refractivity contribution in [3.05, 3.63) is 35.9 Å². The Hall–Kier alpha value is -0.500. The second-order valence-corrected chi connectivity index (χ2v) is 5.94. The van der Waals surface area contributed by atoms with E-state index >= 15 is 0 Å². The van der Waals surface area contributed by atoms with E-state index in [9.17, 15) is 0 Å². The summed E-state index contributed by atoms with van der Waals surface area (Å²) in [7, 11) is 0. The van der Waals surface area contributed by atoms with Crippen molar-refractivity contribution in [1.82, 2.24) is 24.6 Å². The Morgan fingerprint density at radius 3 is 2.08 bits per heavy atom. The average molecular weight is 467 g/mol. The summed E-state index contributed by atoms with van der Waals surface area (Å²) in [5, 5.41) is 4.90. The summed E-state index contributed by atoms with van der Waals surface area (Å²) in [6.45, 7) is 6.22. The Kier molecular flexibility index (Phi) is 15.5. The fourth-order valence-electron chi connectivity index (χ4n) is 2.70. The Labute approximate surface area is 184 Å². The highest BCUT2D eigenvalue weighted by atomic mass is 35.5. The molecule has 1 aliphatic heterocycles. The van der Waals surface area contributed by atoms with Gasteiger partial charge in [0.1, 0.15) is 0 Å². The molecule has 0 spiro atoms. The third-order valence-electron chi connectivity index (χ3n) is 3.92. The van der Waals surface area contributed by atoms with Crippen LogP contribution in [0.1, 0.15) is 12.8 Å². The normalized spacial score (nSPS) is 13.7. The molecule has 11 heteroatoms. The minimum Gasteiger partial charge on any atom is -0.338 e. The summed E-state index contributed by atoms with van der Waals surface area (Å²) in [5.74, 6) is 0.845. The zero-order valence-electron chi connectivity index (χ0n) is 14.2. The van der Waals surface area contributed by atoms with Crippen molar-refractivity contribution in [2.45, 2.75) is 19.4 Å². The van der Waals surface area contributed by atoms with Gasteiger partial charge in [0.15, 0.2) is 0 Å². The van der Waals surface area contributed by atoms with Crippen molar-refractivity contribution < 1.29 is 0 Å². The van der Waals surface area contributed by atoms with Gasteiger partial charge in [-0.1, -0.05) is 11.6 Å². The van der Waals surface area contributed by atoms with Crippen molar-refractivity contribution in [1.29, 1.82) is 0 Å². The van der Waals surface area contributed by atoms with Gasteiger partial charge in [-0.05, 0) is 25.5 Å². The number of piperazine rings is 1. The molecule has 1 fully saturated rings. The number of aryl methyl sites for hydroxylation is 1. The van der Waals surface area contributed by atoms with Crippen LogP contribution in [-0.4, -0.2) is 57.4 Å². The van der Waals surface area contributed by atoms with E-state index in [0.29, 0.717) is 5.02 Å². The number of unbranched alkanes of at least 4 members (excludes halogenated alkanes) is 1. The molecule has 0 saturated carbocycles. The van der Waals surface area contributed by atoms with E-state index in [1.54, 1.807) is 18.6 Å². The van der Waals surface area contributed by atoms with Crippen LogP contribution in [-0.2, 0) is 6.54 Å². The van der Waals surface area contributed by atoms with Crippen LogP contribution in [0.25, 0.3) is 0 Å².